The van der Waals surface area contributed by atoms with Gasteiger partial charge in [0.15, 0.2) is 18.0 Å². The molecule has 0 radical (unpaired) electrons. The second-order valence-electron chi connectivity index (χ2n) is 5.51. The Balaban J connectivity index is 1.55. The lowest BCUT2D eigenvalue weighted by Crippen LogP contribution is -2.86. The van der Waals surface area contributed by atoms with Gasteiger partial charge in [0.05, 0.1) is 5.02 Å². The van der Waals surface area contributed by atoms with E-state index < -0.39 is 0 Å². The van der Waals surface area contributed by atoms with Crippen molar-refractivity contribution in [1.29, 1.82) is 0 Å². The molecular formula is C17H17Cl2N2O3+. The van der Waals surface area contributed by atoms with E-state index in [1.807, 2.05) is 18.3 Å². The van der Waals surface area contributed by atoms with Crippen LogP contribution in [-0.2, 0) is 4.79 Å². The Labute approximate surface area is 149 Å². The molecule has 0 saturated carbocycles. The van der Waals surface area contributed by atoms with E-state index in [9.17, 15) is 4.79 Å². The molecule has 1 amide bonds. The highest BCUT2D eigenvalue weighted by Crippen LogP contribution is 2.34. The molecule has 3 N–H and O–H groups in total. The van der Waals surface area contributed by atoms with Crippen molar-refractivity contribution >= 4 is 34.8 Å². The number of carbonyl (C=O) groups is 1. The number of amides is 1. The van der Waals surface area contributed by atoms with Gasteiger partial charge < -0.3 is 20.1 Å². The predicted octanol–water partition coefficient (Wildman–Crippen LogP) is 2.99. The van der Waals surface area contributed by atoms with Crippen molar-refractivity contribution in [2.75, 3.05) is 18.7 Å². The van der Waals surface area contributed by atoms with Gasteiger partial charge in [-0.25, -0.2) is 0 Å². The van der Waals surface area contributed by atoms with Crippen LogP contribution in [0.2, 0.25) is 10.0 Å². The Morgan fingerprint density at radius 2 is 2.00 bits per heavy atom. The monoisotopic (exact) mass is 367 g/mol. The number of rotatable bonds is 5. The quantitative estimate of drug-likeness (QED) is 0.853. The van der Waals surface area contributed by atoms with Crippen LogP contribution < -0.4 is 20.1 Å². The van der Waals surface area contributed by atoms with Crippen molar-refractivity contribution in [3.63, 3.8) is 0 Å². The van der Waals surface area contributed by atoms with Gasteiger partial charge in [-0.1, -0.05) is 29.3 Å². The molecule has 3 rings (SSSR count). The molecule has 0 unspecified atom stereocenters. The van der Waals surface area contributed by atoms with Crippen molar-refractivity contribution in [2.24, 2.45) is 0 Å². The van der Waals surface area contributed by atoms with Crippen LogP contribution in [0, 0.1) is 0 Å². The summed E-state index contributed by atoms with van der Waals surface area (Å²) in [5.74, 6) is 1.22. The van der Waals surface area contributed by atoms with Gasteiger partial charge in [0.1, 0.15) is 6.04 Å². The maximum absolute atomic E-state index is 12.1. The van der Waals surface area contributed by atoms with Crippen molar-refractivity contribution in [3.8, 4) is 11.5 Å². The molecule has 126 valence electrons. The van der Waals surface area contributed by atoms with Crippen LogP contribution in [0.1, 0.15) is 18.5 Å². The van der Waals surface area contributed by atoms with Gasteiger partial charge in [-0.2, -0.15) is 0 Å². The van der Waals surface area contributed by atoms with Gasteiger partial charge >= 0.3 is 0 Å². The molecule has 7 heteroatoms. The van der Waals surface area contributed by atoms with Gasteiger partial charge in [0.25, 0.3) is 5.91 Å². The van der Waals surface area contributed by atoms with Crippen molar-refractivity contribution in [1.82, 2.24) is 0 Å². The van der Waals surface area contributed by atoms with Crippen molar-refractivity contribution in [2.45, 2.75) is 13.0 Å². The zero-order valence-electron chi connectivity index (χ0n) is 13.0. The van der Waals surface area contributed by atoms with Gasteiger partial charge in [-0.05, 0) is 31.2 Å². The van der Waals surface area contributed by atoms with Crippen molar-refractivity contribution in [3.05, 3.63) is 52.0 Å². The van der Waals surface area contributed by atoms with Crippen LogP contribution in [0.25, 0.3) is 0 Å². The summed E-state index contributed by atoms with van der Waals surface area (Å²) >= 11 is 12.1. The molecule has 1 aliphatic heterocycles. The molecule has 0 aliphatic carbocycles. The molecule has 0 bridgehead atoms. The average Bonchev–Trinajstić information content (AvgIpc) is 3.00. The SMILES string of the molecule is C[C@@H]([NH2+]CC(=O)Nc1ccc2c(c1)OCO2)c1ccc(Cl)cc1Cl. The van der Waals surface area contributed by atoms with E-state index >= 15 is 0 Å². The summed E-state index contributed by atoms with van der Waals surface area (Å²) in [6, 6.07) is 10.7. The summed E-state index contributed by atoms with van der Waals surface area (Å²) in [5, 5.41) is 5.95. The zero-order chi connectivity index (χ0) is 17.1. The molecule has 2 aromatic carbocycles. The lowest BCUT2D eigenvalue weighted by atomic mass is 10.1. The summed E-state index contributed by atoms with van der Waals surface area (Å²) in [6.45, 7) is 2.47. The Hall–Kier alpha value is -1.95. The van der Waals surface area contributed by atoms with E-state index in [0.717, 1.165) is 5.56 Å². The number of fused-ring (bicyclic) bond motifs is 1. The maximum Gasteiger partial charge on any atom is 0.279 e. The first-order valence-corrected chi connectivity index (χ1v) is 8.26. The fourth-order valence-corrected chi connectivity index (χ4v) is 3.05. The number of carbonyl (C=O) groups excluding carboxylic acids is 1. The van der Waals surface area contributed by atoms with Gasteiger partial charge in [-0.15, -0.1) is 0 Å². The lowest BCUT2D eigenvalue weighted by Gasteiger charge is -2.13. The molecule has 2 aromatic rings. The Kier molecular flexibility index (Phi) is 5.14. The van der Waals surface area contributed by atoms with E-state index in [4.69, 9.17) is 32.7 Å². The third kappa shape index (κ3) is 3.93. The molecule has 5 nitrogen and oxygen atoms in total. The van der Waals surface area contributed by atoms with Crippen LogP contribution in [0.4, 0.5) is 5.69 Å². The smallest absolute Gasteiger partial charge is 0.279 e. The van der Waals surface area contributed by atoms with Crippen LogP contribution >= 0.6 is 23.2 Å². The minimum absolute atomic E-state index is 0.0391. The molecule has 0 saturated heterocycles. The van der Waals surface area contributed by atoms with E-state index in [1.165, 1.54) is 0 Å². The lowest BCUT2D eigenvalue weighted by molar-refractivity contribution is -0.682. The van der Waals surface area contributed by atoms with Crippen LogP contribution in [0.5, 0.6) is 11.5 Å². The number of nitrogens with one attached hydrogen (secondary N) is 1. The Morgan fingerprint density at radius 3 is 2.79 bits per heavy atom. The number of anilines is 1. The first-order valence-electron chi connectivity index (χ1n) is 7.50. The average molecular weight is 368 g/mol. The minimum atomic E-state index is -0.106. The highest BCUT2D eigenvalue weighted by Gasteiger charge is 2.17. The Bertz CT molecular complexity index is 767. The fourth-order valence-electron chi connectivity index (χ4n) is 2.47. The fraction of sp³-hybridized carbons (Fsp3) is 0.235. The molecule has 0 spiro atoms. The number of halogens is 2. The third-order valence-electron chi connectivity index (χ3n) is 3.77. The van der Waals surface area contributed by atoms with E-state index in [1.54, 1.807) is 30.3 Å². The second-order valence-corrected chi connectivity index (χ2v) is 6.35. The van der Waals surface area contributed by atoms with Crippen molar-refractivity contribution < 1.29 is 19.6 Å². The summed E-state index contributed by atoms with van der Waals surface area (Å²) in [7, 11) is 0. The minimum Gasteiger partial charge on any atom is -0.454 e. The highest BCUT2D eigenvalue weighted by molar-refractivity contribution is 6.35. The standard InChI is InChI=1S/C17H16Cl2N2O3/c1-10(13-4-2-11(18)6-14(13)19)20-8-17(22)21-12-3-5-15-16(7-12)24-9-23-15/h2-7,10,20H,8-9H2,1H3,(H,21,22)/p+1/t10-/m1/s1. The maximum atomic E-state index is 12.1. The zero-order valence-corrected chi connectivity index (χ0v) is 14.5. The van der Waals surface area contributed by atoms with Gasteiger partial charge in [0.2, 0.25) is 6.79 Å². The Morgan fingerprint density at radius 1 is 1.21 bits per heavy atom. The molecule has 0 fully saturated rings. The molecule has 1 aliphatic rings. The van der Waals surface area contributed by atoms with E-state index in [-0.39, 0.29) is 25.3 Å². The first kappa shape index (κ1) is 16.9. The number of nitrogens with two attached hydrogens (primary N) is 1. The summed E-state index contributed by atoms with van der Waals surface area (Å²) in [6.07, 6.45) is 0. The molecule has 1 heterocycles. The number of benzene rings is 2. The van der Waals surface area contributed by atoms with Gasteiger partial charge in [0, 0.05) is 22.3 Å². The molecular weight excluding hydrogens is 351 g/mol. The summed E-state index contributed by atoms with van der Waals surface area (Å²) < 4.78 is 10.5. The number of hydrogen-bond donors (Lipinski definition) is 2. The molecule has 0 aromatic heterocycles. The van der Waals surface area contributed by atoms with E-state index in [0.29, 0.717) is 27.2 Å². The van der Waals surface area contributed by atoms with Gasteiger partial charge in [-0.3, -0.25) is 4.79 Å². The largest absolute Gasteiger partial charge is 0.454 e. The number of ether oxygens (including phenoxy) is 2. The second kappa shape index (κ2) is 7.30. The predicted molar refractivity (Wildman–Crippen MR) is 92.9 cm³/mol. The normalized spacial score (nSPS) is 13.6. The van der Waals surface area contributed by atoms with E-state index in [2.05, 4.69) is 5.32 Å². The first-order chi connectivity index (χ1) is 11.5. The topological polar surface area (TPSA) is 64.2 Å². The number of hydrogen-bond acceptors (Lipinski definition) is 3. The summed E-state index contributed by atoms with van der Waals surface area (Å²) in [4.78, 5) is 12.1. The van der Waals surface area contributed by atoms with Crippen LogP contribution in [0.3, 0.4) is 0 Å². The highest BCUT2D eigenvalue weighted by atomic mass is 35.5. The number of quaternary nitrogens is 1. The van der Waals surface area contributed by atoms with Crippen LogP contribution in [-0.4, -0.2) is 19.2 Å². The molecule has 24 heavy (non-hydrogen) atoms. The summed E-state index contributed by atoms with van der Waals surface area (Å²) in [5.41, 5.74) is 1.62. The molecule has 1 atom stereocenters. The van der Waals surface area contributed by atoms with Crippen LogP contribution in [0.15, 0.2) is 36.4 Å². The third-order valence-corrected chi connectivity index (χ3v) is 4.33.